The van der Waals surface area contributed by atoms with E-state index in [9.17, 15) is 14.4 Å². The third-order valence-electron chi connectivity index (χ3n) is 7.57. The van der Waals surface area contributed by atoms with Crippen LogP contribution in [0.3, 0.4) is 0 Å². The largest absolute Gasteiger partial charge is 0.493 e. The van der Waals surface area contributed by atoms with Crippen molar-refractivity contribution in [1.29, 1.82) is 0 Å². The van der Waals surface area contributed by atoms with Gasteiger partial charge in [-0.25, -0.2) is 4.98 Å². The molecule has 1 aliphatic rings. The van der Waals surface area contributed by atoms with Crippen LogP contribution in [0.1, 0.15) is 48.3 Å². The van der Waals surface area contributed by atoms with Crippen molar-refractivity contribution in [2.45, 2.75) is 51.7 Å². The lowest BCUT2D eigenvalue weighted by Crippen LogP contribution is -2.40. The van der Waals surface area contributed by atoms with E-state index in [-0.39, 0.29) is 36.1 Å². The van der Waals surface area contributed by atoms with Gasteiger partial charge in [0.15, 0.2) is 23.0 Å². The van der Waals surface area contributed by atoms with Crippen molar-refractivity contribution in [3.8, 4) is 11.5 Å². The summed E-state index contributed by atoms with van der Waals surface area (Å²) in [4.78, 5) is 42.3. The molecule has 0 spiro atoms. The highest BCUT2D eigenvalue weighted by Gasteiger charge is 2.36. The minimum absolute atomic E-state index is 0.0169. The summed E-state index contributed by atoms with van der Waals surface area (Å²) in [6, 6.07) is 21.8. The van der Waals surface area contributed by atoms with E-state index in [2.05, 4.69) is 29.2 Å². The zero-order chi connectivity index (χ0) is 32.0. The second kappa shape index (κ2) is 17.3. The molecule has 3 aromatic rings. The number of rotatable bonds is 14. The molecule has 4 atom stereocenters. The molecule has 0 bridgehead atoms. The minimum Gasteiger partial charge on any atom is -0.493 e. The number of carbonyl (C=O) groups is 3. The summed E-state index contributed by atoms with van der Waals surface area (Å²) < 4.78 is 34.2. The van der Waals surface area contributed by atoms with E-state index >= 15 is 0 Å². The number of aryl methyl sites for hydroxylation is 1. The van der Waals surface area contributed by atoms with Gasteiger partial charge in [0.2, 0.25) is 6.79 Å². The molecule has 1 aromatic heterocycles. The molecular formula is C35H41NO9. The van der Waals surface area contributed by atoms with Crippen molar-refractivity contribution in [3.63, 3.8) is 0 Å². The molecule has 0 amide bonds. The van der Waals surface area contributed by atoms with Crippen molar-refractivity contribution >= 4 is 17.7 Å². The van der Waals surface area contributed by atoms with Gasteiger partial charge in [0.25, 0.3) is 0 Å². The van der Waals surface area contributed by atoms with Crippen molar-refractivity contribution in [2.24, 2.45) is 11.8 Å². The first-order chi connectivity index (χ1) is 21.9. The van der Waals surface area contributed by atoms with Gasteiger partial charge >= 0.3 is 11.9 Å². The SMILES string of the molecule is COc1ccnc(C(=O)C[C@H]2COC[C@H](Cc3ccccc3)[C@@H](OCCCc3ccccc3)[C@H](C)OC2=O)c1OCOC(C)=O. The molecule has 0 radical (unpaired) electrons. The molecule has 0 N–H and O–H groups in total. The van der Waals surface area contributed by atoms with Gasteiger partial charge in [-0.3, -0.25) is 14.4 Å². The Morgan fingerprint density at radius 2 is 1.69 bits per heavy atom. The molecule has 1 fully saturated rings. The van der Waals surface area contributed by atoms with E-state index in [0.29, 0.717) is 19.6 Å². The Hall–Kier alpha value is -4.28. The Morgan fingerprint density at radius 3 is 2.38 bits per heavy atom. The van der Waals surface area contributed by atoms with Crippen LogP contribution < -0.4 is 9.47 Å². The number of Topliss-reactive ketones (excluding diaryl/α,β-unsaturated/α-hetero) is 1. The second-order valence-electron chi connectivity index (χ2n) is 11.0. The lowest BCUT2D eigenvalue weighted by Gasteiger charge is -2.31. The fourth-order valence-electron chi connectivity index (χ4n) is 5.32. The highest BCUT2D eigenvalue weighted by Crippen LogP contribution is 2.32. The molecule has 2 aromatic carbocycles. The highest BCUT2D eigenvalue weighted by molar-refractivity contribution is 5.99. The second-order valence-corrected chi connectivity index (χ2v) is 11.0. The van der Waals surface area contributed by atoms with E-state index in [1.54, 1.807) is 0 Å². The lowest BCUT2D eigenvalue weighted by atomic mass is 9.91. The molecule has 10 nitrogen and oxygen atoms in total. The molecule has 0 saturated carbocycles. The van der Waals surface area contributed by atoms with Crippen molar-refractivity contribution in [3.05, 3.63) is 89.7 Å². The number of nitrogens with zero attached hydrogens (tertiary/aromatic N) is 1. The first kappa shape index (κ1) is 33.6. The normalized spacial score (nSPS) is 20.2. The van der Waals surface area contributed by atoms with Crippen LogP contribution in [0.5, 0.6) is 11.5 Å². The van der Waals surface area contributed by atoms with E-state index in [4.69, 9.17) is 28.4 Å². The Kier molecular flexibility index (Phi) is 12.9. The molecule has 240 valence electrons. The van der Waals surface area contributed by atoms with Crippen LogP contribution >= 0.6 is 0 Å². The number of cyclic esters (lactones) is 1. The van der Waals surface area contributed by atoms with Gasteiger partial charge in [-0.05, 0) is 37.3 Å². The van der Waals surface area contributed by atoms with Gasteiger partial charge in [-0.1, -0.05) is 60.7 Å². The summed E-state index contributed by atoms with van der Waals surface area (Å²) in [5, 5.41) is 0. The van der Waals surface area contributed by atoms with Crippen LogP contribution in [-0.2, 0) is 41.4 Å². The number of pyridine rings is 1. The third kappa shape index (κ3) is 10.1. The Labute approximate surface area is 263 Å². The highest BCUT2D eigenvalue weighted by atomic mass is 16.7. The molecule has 10 heteroatoms. The van der Waals surface area contributed by atoms with Crippen molar-refractivity contribution < 1.29 is 42.8 Å². The third-order valence-corrected chi connectivity index (χ3v) is 7.57. The monoisotopic (exact) mass is 619 g/mol. The number of benzene rings is 2. The number of esters is 2. The summed E-state index contributed by atoms with van der Waals surface area (Å²) in [5.41, 5.74) is 2.31. The summed E-state index contributed by atoms with van der Waals surface area (Å²) in [7, 11) is 1.42. The molecule has 4 rings (SSSR count). The van der Waals surface area contributed by atoms with Gasteiger partial charge in [-0.15, -0.1) is 0 Å². The average molecular weight is 620 g/mol. The van der Waals surface area contributed by atoms with Crippen molar-refractivity contribution in [2.75, 3.05) is 33.7 Å². The topological polar surface area (TPSA) is 119 Å². The predicted octanol–water partition coefficient (Wildman–Crippen LogP) is 5.02. The van der Waals surface area contributed by atoms with Gasteiger partial charge in [0.05, 0.1) is 32.3 Å². The summed E-state index contributed by atoms with van der Waals surface area (Å²) in [5.74, 6) is -2.30. The molecule has 2 heterocycles. The first-order valence-corrected chi connectivity index (χ1v) is 15.2. The average Bonchev–Trinajstić information content (AvgIpc) is 3.08. The number of methoxy groups -OCH3 is 1. The van der Waals surface area contributed by atoms with Gasteiger partial charge in [-0.2, -0.15) is 0 Å². The number of hydrogen-bond donors (Lipinski definition) is 0. The molecule has 45 heavy (non-hydrogen) atoms. The van der Waals surface area contributed by atoms with Crippen LogP contribution in [-0.4, -0.2) is 68.6 Å². The van der Waals surface area contributed by atoms with Crippen LogP contribution in [0.2, 0.25) is 0 Å². The van der Waals surface area contributed by atoms with Gasteiger partial charge < -0.3 is 28.4 Å². The lowest BCUT2D eigenvalue weighted by molar-refractivity contribution is -0.162. The first-order valence-electron chi connectivity index (χ1n) is 15.2. The number of ether oxygens (including phenoxy) is 6. The maximum Gasteiger partial charge on any atom is 0.312 e. The van der Waals surface area contributed by atoms with Crippen LogP contribution in [0, 0.1) is 11.8 Å². The van der Waals surface area contributed by atoms with Crippen molar-refractivity contribution in [1.82, 2.24) is 4.98 Å². The Bertz CT molecular complexity index is 1380. The van der Waals surface area contributed by atoms with Crippen LogP contribution in [0.15, 0.2) is 72.9 Å². The molecule has 0 unspecified atom stereocenters. The smallest absolute Gasteiger partial charge is 0.312 e. The maximum atomic E-state index is 13.5. The van der Waals surface area contributed by atoms with E-state index in [0.717, 1.165) is 18.4 Å². The summed E-state index contributed by atoms with van der Waals surface area (Å²) >= 11 is 0. The predicted molar refractivity (Wildman–Crippen MR) is 165 cm³/mol. The fraction of sp³-hybridized carbons (Fsp3) is 0.429. The number of aromatic nitrogens is 1. The quantitative estimate of drug-likeness (QED) is 0.105. The number of carbonyl (C=O) groups excluding carboxylic acids is 3. The van der Waals surface area contributed by atoms with Crippen LogP contribution in [0.4, 0.5) is 0 Å². The van der Waals surface area contributed by atoms with Gasteiger partial charge in [0, 0.05) is 38.1 Å². The van der Waals surface area contributed by atoms with Gasteiger partial charge in [0.1, 0.15) is 6.10 Å². The fourth-order valence-corrected chi connectivity index (χ4v) is 5.32. The maximum absolute atomic E-state index is 13.5. The molecule has 0 aliphatic carbocycles. The summed E-state index contributed by atoms with van der Waals surface area (Å²) in [6.07, 6.45) is 2.52. The van der Waals surface area contributed by atoms with E-state index in [1.807, 2.05) is 43.3 Å². The zero-order valence-corrected chi connectivity index (χ0v) is 26.0. The number of hydrogen-bond acceptors (Lipinski definition) is 10. The molecule has 1 saturated heterocycles. The molecular weight excluding hydrogens is 578 g/mol. The van der Waals surface area contributed by atoms with E-state index in [1.165, 1.54) is 31.9 Å². The Morgan fingerprint density at radius 1 is 0.978 bits per heavy atom. The van der Waals surface area contributed by atoms with E-state index < -0.39 is 42.6 Å². The van der Waals surface area contributed by atoms with Crippen LogP contribution in [0.25, 0.3) is 0 Å². The Balaban J connectivity index is 1.47. The number of ketones is 1. The minimum atomic E-state index is -0.886. The molecule has 1 aliphatic heterocycles. The zero-order valence-electron chi connectivity index (χ0n) is 26.0. The summed E-state index contributed by atoms with van der Waals surface area (Å²) in [6.45, 7) is 3.43. The standard InChI is InChI=1S/C35H41NO9/c1-24-33(42-18-10-15-26-11-6-4-7-12-26)28(19-27-13-8-5-9-14-27)21-41-22-29(35(39)45-24)20-30(38)32-34(44-23-43-25(2)37)31(40-3)16-17-36-32/h4-9,11-14,16-17,24,28-29,33H,10,15,18-23H2,1-3H3/t24-,28-,29-,33-/m0/s1.